The highest BCUT2D eigenvalue weighted by Crippen LogP contribution is 2.37. The quantitative estimate of drug-likeness (QED) is 0.349. The van der Waals surface area contributed by atoms with Crippen LogP contribution in [-0.4, -0.2) is 17.0 Å². The summed E-state index contributed by atoms with van der Waals surface area (Å²) in [6.07, 6.45) is 0. The lowest BCUT2D eigenvalue weighted by Crippen LogP contribution is -2.03. The van der Waals surface area contributed by atoms with E-state index in [1.165, 1.54) is 31.4 Å². The lowest BCUT2D eigenvalue weighted by molar-refractivity contribution is -0.385. The van der Waals surface area contributed by atoms with Crippen LogP contribution in [0.15, 0.2) is 60.7 Å². The number of ether oxygens (including phenoxy) is 2. The predicted molar refractivity (Wildman–Crippen MR) is 116 cm³/mol. The first-order chi connectivity index (χ1) is 14.9. The first-order valence-corrected chi connectivity index (χ1v) is 9.46. The third-order valence-electron chi connectivity index (χ3n) is 4.39. The summed E-state index contributed by atoms with van der Waals surface area (Å²) in [6.45, 7) is 0.574. The van der Waals surface area contributed by atoms with Gasteiger partial charge in [0.1, 0.15) is 6.61 Å². The van der Waals surface area contributed by atoms with Gasteiger partial charge in [0.15, 0.2) is 11.5 Å². The minimum absolute atomic E-state index is 0.00392. The van der Waals surface area contributed by atoms with Crippen molar-refractivity contribution < 1.29 is 19.3 Å². The minimum Gasteiger partial charge on any atom is -0.493 e. The van der Waals surface area contributed by atoms with Gasteiger partial charge in [-0.2, -0.15) is 0 Å². The Morgan fingerprint density at radius 3 is 2.03 bits per heavy atom. The predicted octanol–water partition coefficient (Wildman–Crippen LogP) is 5.36. The number of rotatable bonds is 9. The molecule has 0 atom stereocenters. The molecule has 0 aliphatic rings. The maximum atomic E-state index is 10.7. The van der Waals surface area contributed by atoms with Crippen LogP contribution < -0.4 is 14.8 Å². The summed E-state index contributed by atoms with van der Waals surface area (Å²) in [4.78, 5) is 20.6. The van der Waals surface area contributed by atoms with Crippen LogP contribution in [0.4, 0.5) is 17.1 Å². The van der Waals surface area contributed by atoms with Crippen molar-refractivity contribution in [3.05, 3.63) is 97.0 Å². The van der Waals surface area contributed by atoms with Crippen LogP contribution in [0.3, 0.4) is 0 Å². The van der Waals surface area contributed by atoms with Gasteiger partial charge in [-0.1, -0.05) is 11.6 Å². The van der Waals surface area contributed by atoms with Gasteiger partial charge in [-0.25, -0.2) is 0 Å². The number of methoxy groups -OCH3 is 1. The SMILES string of the molecule is COc1cc(CNc2ccc([N+](=O)[O-])cc2)cc(Cl)c1OCc1ccc([N+](=O)[O-])cc1. The largest absolute Gasteiger partial charge is 0.493 e. The molecule has 0 amide bonds. The summed E-state index contributed by atoms with van der Waals surface area (Å²) >= 11 is 6.39. The molecule has 31 heavy (non-hydrogen) atoms. The molecule has 0 aromatic heterocycles. The Kier molecular flexibility index (Phi) is 6.88. The Balaban J connectivity index is 1.67. The Bertz CT molecular complexity index is 1090. The van der Waals surface area contributed by atoms with Crippen LogP contribution in [0.1, 0.15) is 11.1 Å². The normalized spacial score (nSPS) is 10.4. The van der Waals surface area contributed by atoms with Crippen molar-refractivity contribution >= 4 is 28.7 Å². The van der Waals surface area contributed by atoms with Gasteiger partial charge in [-0.15, -0.1) is 0 Å². The molecule has 0 saturated carbocycles. The average Bonchev–Trinajstić information content (AvgIpc) is 2.77. The number of non-ortho nitro benzene ring substituents is 2. The molecule has 160 valence electrons. The monoisotopic (exact) mass is 443 g/mol. The number of anilines is 1. The second kappa shape index (κ2) is 9.77. The summed E-state index contributed by atoms with van der Waals surface area (Å²) in [5, 5.41) is 25.0. The fourth-order valence-corrected chi connectivity index (χ4v) is 3.08. The minimum atomic E-state index is -0.464. The van der Waals surface area contributed by atoms with E-state index >= 15 is 0 Å². The van der Waals surface area contributed by atoms with Gasteiger partial charge in [-0.05, 0) is 47.5 Å². The maximum Gasteiger partial charge on any atom is 0.269 e. The average molecular weight is 444 g/mol. The van der Waals surface area contributed by atoms with Crippen molar-refractivity contribution in [2.45, 2.75) is 13.2 Å². The highest BCUT2D eigenvalue weighted by atomic mass is 35.5. The van der Waals surface area contributed by atoms with Crippen molar-refractivity contribution in [1.82, 2.24) is 0 Å². The number of halogens is 1. The molecular weight excluding hydrogens is 426 g/mol. The number of hydrogen-bond acceptors (Lipinski definition) is 7. The van der Waals surface area contributed by atoms with E-state index in [2.05, 4.69) is 5.32 Å². The zero-order chi connectivity index (χ0) is 22.4. The molecule has 0 aliphatic heterocycles. The van der Waals surface area contributed by atoms with Crippen LogP contribution in [0.5, 0.6) is 11.5 Å². The van der Waals surface area contributed by atoms with E-state index in [9.17, 15) is 20.2 Å². The second-order valence-corrected chi connectivity index (χ2v) is 6.89. The zero-order valence-corrected chi connectivity index (χ0v) is 17.2. The lowest BCUT2D eigenvalue weighted by Gasteiger charge is -2.15. The molecule has 0 spiro atoms. The van der Waals surface area contributed by atoms with E-state index in [4.69, 9.17) is 21.1 Å². The summed E-state index contributed by atoms with van der Waals surface area (Å²) in [7, 11) is 1.50. The van der Waals surface area contributed by atoms with Crippen LogP contribution >= 0.6 is 11.6 Å². The molecule has 0 aliphatic carbocycles. The molecule has 1 N–H and O–H groups in total. The first kappa shape index (κ1) is 21.8. The Hall–Kier alpha value is -3.85. The van der Waals surface area contributed by atoms with Gasteiger partial charge in [0.05, 0.1) is 22.0 Å². The number of nitrogens with zero attached hydrogens (tertiary/aromatic N) is 2. The third-order valence-corrected chi connectivity index (χ3v) is 4.68. The van der Waals surface area contributed by atoms with Crippen LogP contribution in [0.25, 0.3) is 0 Å². The van der Waals surface area contributed by atoms with E-state index in [0.29, 0.717) is 23.1 Å². The second-order valence-electron chi connectivity index (χ2n) is 6.48. The van der Waals surface area contributed by atoms with Crippen LogP contribution in [0, 0.1) is 20.2 Å². The molecule has 0 fully saturated rings. The molecule has 3 rings (SSSR count). The smallest absolute Gasteiger partial charge is 0.269 e. The Morgan fingerprint density at radius 1 is 0.903 bits per heavy atom. The first-order valence-electron chi connectivity index (χ1n) is 9.08. The molecule has 0 bridgehead atoms. The molecule has 10 heteroatoms. The van der Waals surface area contributed by atoms with Crippen LogP contribution in [0.2, 0.25) is 5.02 Å². The third kappa shape index (κ3) is 5.61. The zero-order valence-electron chi connectivity index (χ0n) is 16.4. The highest BCUT2D eigenvalue weighted by molar-refractivity contribution is 6.32. The molecular formula is C21H18ClN3O6. The van der Waals surface area contributed by atoms with E-state index in [0.717, 1.165) is 16.8 Å². The van der Waals surface area contributed by atoms with Crippen molar-refractivity contribution in [2.24, 2.45) is 0 Å². The summed E-state index contributed by atoms with van der Waals surface area (Å²) in [5.41, 5.74) is 2.31. The fourth-order valence-electron chi connectivity index (χ4n) is 2.79. The number of nitro benzene ring substituents is 2. The number of benzene rings is 3. The molecule has 0 radical (unpaired) electrons. The van der Waals surface area contributed by atoms with Crippen molar-refractivity contribution in [3.63, 3.8) is 0 Å². The fraction of sp³-hybridized carbons (Fsp3) is 0.143. The van der Waals surface area contributed by atoms with Crippen molar-refractivity contribution in [2.75, 3.05) is 12.4 Å². The lowest BCUT2D eigenvalue weighted by atomic mass is 10.2. The molecule has 9 nitrogen and oxygen atoms in total. The van der Waals surface area contributed by atoms with E-state index < -0.39 is 9.85 Å². The van der Waals surface area contributed by atoms with Crippen LogP contribution in [-0.2, 0) is 13.2 Å². The van der Waals surface area contributed by atoms with Gasteiger partial charge in [0.2, 0.25) is 0 Å². The van der Waals surface area contributed by atoms with Gasteiger partial charge in [0.25, 0.3) is 11.4 Å². The number of hydrogen-bond donors (Lipinski definition) is 1. The Labute approximate surface area is 182 Å². The molecule has 3 aromatic rings. The van der Waals surface area contributed by atoms with Gasteiger partial charge >= 0.3 is 0 Å². The number of nitro groups is 2. The standard InChI is InChI=1S/C21H18ClN3O6/c1-30-20-11-15(12-23-16-4-8-18(9-5-16)25(28)29)10-19(22)21(20)31-13-14-2-6-17(7-3-14)24(26)27/h2-11,23H,12-13H2,1H3. The summed E-state index contributed by atoms with van der Waals surface area (Å²) < 4.78 is 11.2. The van der Waals surface area contributed by atoms with E-state index in [-0.39, 0.29) is 18.0 Å². The maximum absolute atomic E-state index is 10.7. The van der Waals surface area contributed by atoms with Crippen molar-refractivity contribution in [3.8, 4) is 11.5 Å². The highest BCUT2D eigenvalue weighted by Gasteiger charge is 2.13. The summed E-state index contributed by atoms with van der Waals surface area (Å²) in [6, 6.07) is 15.6. The van der Waals surface area contributed by atoms with E-state index in [1.54, 1.807) is 36.4 Å². The molecule has 3 aromatic carbocycles. The summed E-state index contributed by atoms with van der Waals surface area (Å²) in [5.74, 6) is 0.802. The molecule has 0 saturated heterocycles. The van der Waals surface area contributed by atoms with Gasteiger partial charge < -0.3 is 14.8 Å². The van der Waals surface area contributed by atoms with Gasteiger partial charge in [-0.3, -0.25) is 20.2 Å². The molecule has 0 heterocycles. The topological polar surface area (TPSA) is 117 Å². The Morgan fingerprint density at radius 2 is 1.48 bits per heavy atom. The van der Waals surface area contributed by atoms with Gasteiger partial charge in [0, 0.05) is 36.5 Å². The molecule has 0 unspecified atom stereocenters. The van der Waals surface area contributed by atoms with E-state index in [1.807, 2.05) is 0 Å². The number of nitrogens with one attached hydrogen (secondary N) is 1. The van der Waals surface area contributed by atoms with Crippen molar-refractivity contribution in [1.29, 1.82) is 0 Å².